The van der Waals surface area contributed by atoms with E-state index in [-0.39, 0.29) is 0 Å². The Hall–Kier alpha value is -7.51. The summed E-state index contributed by atoms with van der Waals surface area (Å²) in [4.78, 5) is 15.4. The fraction of sp³-hybridized carbons (Fsp3) is 0.0208. The number of hydrogen-bond acceptors (Lipinski definition) is 7. The first-order valence-corrected chi connectivity index (χ1v) is 18.2. The maximum Gasteiger partial charge on any atom is 0.248 e. The van der Waals surface area contributed by atoms with Crippen LogP contribution in [0.5, 0.6) is 11.5 Å². The van der Waals surface area contributed by atoms with Crippen LogP contribution in [0.25, 0.3) is 68.2 Å². The first-order chi connectivity index (χ1) is 27.3. The van der Waals surface area contributed by atoms with Crippen LogP contribution in [0, 0.1) is 0 Å². The predicted octanol–water partition coefficient (Wildman–Crippen LogP) is 11.1. The lowest BCUT2D eigenvalue weighted by molar-refractivity contribution is 0.436. The summed E-state index contributed by atoms with van der Waals surface area (Å²) in [6.45, 7) is 0. The highest BCUT2D eigenvalue weighted by atomic mass is 16.5. The fourth-order valence-corrected chi connectivity index (χ4v) is 8.31. The Morgan fingerprint density at radius 3 is 1.36 bits per heavy atom. The van der Waals surface area contributed by atoms with E-state index in [9.17, 15) is 0 Å². The normalized spacial score (nSPS) is 13.0. The Morgan fingerprint density at radius 1 is 0.345 bits per heavy atom. The minimum absolute atomic E-state index is 0.424. The molecule has 11 rings (SSSR count). The predicted molar refractivity (Wildman–Crippen MR) is 212 cm³/mol. The smallest absolute Gasteiger partial charge is 0.248 e. The number of para-hydroxylation sites is 2. The van der Waals surface area contributed by atoms with Gasteiger partial charge >= 0.3 is 0 Å². The molecule has 0 N–H and O–H groups in total. The molecule has 55 heavy (non-hydrogen) atoms. The Labute approximate surface area is 316 Å². The Morgan fingerprint density at radius 2 is 0.782 bits per heavy atom. The lowest BCUT2D eigenvalue weighted by Crippen LogP contribution is -2.32. The van der Waals surface area contributed by atoms with E-state index in [2.05, 4.69) is 70.9 Å². The van der Waals surface area contributed by atoms with Gasteiger partial charge in [-0.1, -0.05) is 146 Å². The van der Waals surface area contributed by atoms with Gasteiger partial charge in [0.1, 0.15) is 11.5 Å². The molecule has 3 heterocycles. The van der Waals surface area contributed by atoms with Crippen LogP contribution in [0.3, 0.4) is 0 Å². The number of fused-ring (bicyclic) bond motifs is 9. The Balaban J connectivity index is 1.25. The third-order valence-corrected chi connectivity index (χ3v) is 10.6. The number of nitrogens with zero attached hydrogens (tertiary/aromatic N) is 5. The lowest BCUT2D eigenvalue weighted by Gasteiger charge is -2.39. The zero-order valence-corrected chi connectivity index (χ0v) is 29.3. The molecule has 0 unspecified atom stereocenters. The summed E-state index contributed by atoms with van der Waals surface area (Å²) in [7, 11) is 0. The highest BCUT2D eigenvalue weighted by molar-refractivity contribution is 6.01. The van der Waals surface area contributed by atoms with Crippen LogP contribution < -0.4 is 4.74 Å². The first kappa shape index (κ1) is 31.1. The molecule has 7 nitrogen and oxygen atoms in total. The van der Waals surface area contributed by atoms with Crippen molar-refractivity contribution in [3.63, 3.8) is 0 Å². The van der Waals surface area contributed by atoms with Crippen molar-refractivity contribution >= 4 is 0 Å². The topological polar surface area (TPSA) is 86.8 Å². The molecular formula is C48H29N5O2. The van der Waals surface area contributed by atoms with Crippen molar-refractivity contribution in [2.75, 3.05) is 0 Å². The maximum absolute atomic E-state index is 6.63. The molecule has 0 saturated carbocycles. The molecular weight excluding hydrogens is 679 g/mol. The third kappa shape index (κ3) is 4.73. The Kier molecular flexibility index (Phi) is 6.94. The van der Waals surface area contributed by atoms with Gasteiger partial charge in [0.15, 0.2) is 17.5 Å². The van der Waals surface area contributed by atoms with Crippen molar-refractivity contribution in [3.8, 4) is 79.7 Å². The summed E-state index contributed by atoms with van der Waals surface area (Å²) in [5.74, 6) is 4.23. The molecule has 1 aliphatic heterocycles. The van der Waals surface area contributed by atoms with Gasteiger partial charge in [-0.05, 0) is 47.0 Å². The van der Waals surface area contributed by atoms with Gasteiger partial charge < -0.3 is 9.15 Å². The zero-order chi connectivity index (χ0) is 36.3. The molecule has 2 aromatic heterocycles. The van der Waals surface area contributed by atoms with Gasteiger partial charge in [-0.15, -0.1) is 10.2 Å². The Bertz CT molecular complexity index is 2810. The summed E-state index contributed by atoms with van der Waals surface area (Å²) >= 11 is 0. The SMILES string of the molecule is c1ccc(-c2nc(-c3ccccc3)nc(-c3cccc4c3-c3c(-c5nnc(-c6ccccc6)o5)cccc3C43c4ccccc4Oc4ccccc43)n2)cc1. The largest absolute Gasteiger partial charge is 0.457 e. The molecule has 1 spiro atoms. The van der Waals surface area contributed by atoms with Crippen molar-refractivity contribution in [1.82, 2.24) is 25.1 Å². The van der Waals surface area contributed by atoms with E-state index in [4.69, 9.17) is 24.1 Å². The van der Waals surface area contributed by atoms with E-state index in [1.807, 2.05) is 115 Å². The van der Waals surface area contributed by atoms with Gasteiger partial charge in [0.05, 0.1) is 5.41 Å². The van der Waals surface area contributed by atoms with E-state index in [0.717, 1.165) is 72.7 Å². The first-order valence-electron chi connectivity index (χ1n) is 18.2. The molecule has 0 bridgehead atoms. The second kappa shape index (κ2) is 12.3. The number of hydrogen-bond donors (Lipinski definition) is 0. The molecule has 9 aromatic rings. The molecule has 7 aromatic carbocycles. The minimum atomic E-state index is -0.748. The van der Waals surface area contributed by atoms with Crippen LogP contribution in [0.2, 0.25) is 0 Å². The van der Waals surface area contributed by atoms with E-state index < -0.39 is 5.41 Å². The average molecular weight is 708 g/mol. The molecule has 0 fully saturated rings. The van der Waals surface area contributed by atoms with E-state index >= 15 is 0 Å². The molecule has 0 saturated heterocycles. The van der Waals surface area contributed by atoms with Gasteiger partial charge in [-0.2, -0.15) is 0 Å². The fourth-order valence-electron chi connectivity index (χ4n) is 8.31. The van der Waals surface area contributed by atoms with Crippen molar-refractivity contribution in [1.29, 1.82) is 0 Å². The number of ether oxygens (including phenoxy) is 1. The quantitative estimate of drug-likeness (QED) is 0.176. The van der Waals surface area contributed by atoms with Crippen LogP contribution in [0.1, 0.15) is 22.3 Å². The maximum atomic E-state index is 6.63. The van der Waals surface area contributed by atoms with E-state index in [1.165, 1.54) is 0 Å². The van der Waals surface area contributed by atoms with Crippen LogP contribution in [0.15, 0.2) is 180 Å². The summed E-state index contributed by atoms with van der Waals surface area (Å²) < 4.78 is 13.2. The van der Waals surface area contributed by atoms with Crippen molar-refractivity contribution < 1.29 is 9.15 Å². The van der Waals surface area contributed by atoms with Crippen LogP contribution in [-0.4, -0.2) is 25.1 Å². The molecule has 2 aliphatic rings. The summed E-state index contributed by atoms with van der Waals surface area (Å²) in [6.07, 6.45) is 0. The van der Waals surface area contributed by atoms with Gasteiger partial charge in [0.2, 0.25) is 11.8 Å². The van der Waals surface area contributed by atoms with Crippen molar-refractivity contribution in [2.45, 2.75) is 5.41 Å². The molecule has 0 radical (unpaired) electrons. The van der Waals surface area contributed by atoms with Gasteiger partial charge in [0.25, 0.3) is 0 Å². The third-order valence-electron chi connectivity index (χ3n) is 10.6. The van der Waals surface area contributed by atoms with Crippen LogP contribution in [0.4, 0.5) is 0 Å². The van der Waals surface area contributed by atoms with Gasteiger partial charge in [0, 0.05) is 44.5 Å². The number of rotatable bonds is 5. The van der Waals surface area contributed by atoms with Crippen molar-refractivity contribution in [2.24, 2.45) is 0 Å². The van der Waals surface area contributed by atoms with Gasteiger partial charge in [-0.3, -0.25) is 0 Å². The zero-order valence-electron chi connectivity index (χ0n) is 29.3. The van der Waals surface area contributed by atoms with Crippen molar-refractivity contribution in [3.05, 3.63) is 198 Å². The average Bonchev–Trinajstić information content (AvgIpc) is 3.87. The summed E-state index contributed by atoms with van der Waals surface area (Å²) in [5.41, 5.74) is 9.82. The van der Waals surface area contributed by atoms with Gasteiger partial charge in [-0.25, -0.2) is 15.0 Å². The van der Waals surface area contributed by atoms with E-state index in [1.54, 1.807) is 0 Å². The van der Waals surface area contributed by atoms with Crippen LogP contribution >= 0.6 is 0 Å². The number of aromatic nitrogens is 5. The minimum Gasteiger partial charge on any atom is -0.457 e. The number of benzene rings is 7. The lowest BCUT2D eigenvalue weighted by atomic mass is 9.66. The molecule has 0 atom stereocenters. The highest BCUT2D eigenvalue weighted by Crippen LogP contribution is 2.64. The molecule has 7 heteroatoms. The molecule has 258 valence electrons. The van der Waals surface area contributed by atoms with Crippen LogP contribution in [-0.2, 0) is 5.41 Å². The molecule has 1 aliphatic carbocycles. The molecule has 0 amide bonds. The highest BCUT2D eigenvalue weighted by Gasteiger charge is 2.52. The second-order valence-electron chi connectivity index (χ2n) is 13.6. The summed E-state index contributed by atoms with van der Waals surface area (Å²) in [5, 5.41) is 9.18. The monoisotopic (exact) mass is 707 g/mol. The second-order valence-corrected chi connectivity index (χ2v) is 13.6. The standard InChI is InChI=1S/C48H29N5O2/c1-4-16-30(17-5-1)43-49-44(31-18-6-2-7-19-31)51-45(50-43)33-22-14-26-37-41(33)42-34(47-53-52-46(55-47)32-20-8-3-9-21-32)23-15-27-38(42)48(37)35-24-10-12-28-39(35)54-40-29-13-11-25-36(40)48/h1-29H. The van der Waals surface area contributed by atoms with E-state index in [0.29, 0.717) is 29.3 Å². The summed E-state index contributed by atoms with van der Waals surface area (Å²) in [6, 6.07) is 59.4.